The summed E-state index contributed by atoms with van der Waals surface area (Å²) in [5.74, 6) is -6.93. The Hall–Kier alpha value is -6.31. The van der Waals surface area contributed by atoms with Crippen molar-refractivity contribution in [1.82, 2.24) is 36.8 Å². The number of carbonyl (C=O) groups is 9. The smallest absolute Gasteiger partial charge is 0.303 e. The van der Waals surface area contributed by atoms with Crippen LogP contribution in [0.5, 0.6) is 0 Å². The van der Waals surface area contributed by atoms with Crippen LogP contribution in [-0.2, 0) is 38.4 Å². The fourth-order valence-corrected chi connectivity index (χ4v) is 10.7. The average Bonchev–Trinajstić information content (AvgIpc) is 3.82. The third-order valence-corrected chi connectivity index (χ3v) is 14.5. The number of carboxylic acids is 1. The third-order valence-electron chi connectivity index (χ3n) is 12.0. The molecule has 24 nitrogen and oxygen atoms in total. The molecule has 0 radical (unpaired) electrons. The van der Waals surface area contributed by atoms with Gasteiger partial charge in [-0.05, 0) is 69.4 Å². The molecule has 1 saturated carbocycles. The molecule has 26 heteroatoms. The third kappa shape index (κ3) is 18.9. The van der Waals surface area contributed by atoms with Crippen LogP contribution in [0.15, 0.2) is 40.3 Å². The second kappa shape index (κ2) is 29.0. The second-order valence-corrected chi connectivity index (χ2v) is 20.0. The van der Waals surface area contributed by atoms with E-state index in [0.717, 1.165) is 32.1 Å². The largest absolute Gasteiger partial charge is 0.481 e. The zero-order valence-corrected chi connectivity index (χ0v) is 40.7. The van der Waals surface area contributed by atoms with Gasteiger partial charge >= 0.3 is 5.97 Å². The number of nitrogens with one attached hydrogen (secondary N) is 6. The topological polar surface area (TPSA) is 404 Å². The van der Waals surface area contributed by atoms with Gasteiger partial charge in [-0.25, -0.2) is 0 Å². The zero-order chi connectivity index (χ0) is 51.2. The van der Waals surface area contributed by atoms with E-state index >= 15 is 0 Å². The van der Waals surface area contributed by atoms with E-state index in [4.69, 9.17) is 28.7 Å². The highest BCUT2D eigenvalue weighted by Gasteiger charge is 2.38. The molecule has 386 valence electrons. The van der Waals surface area contributed by atoms with Gasteiger partial charge in [0.1, 0.15) is 42.3 Å². The van der Waals surface area contributed by atoms with Gasteiger partial charge < -0.3 is 70.6 Å². The number of carbonyl (C=O) groups excluding carboxylic acids is 8. The molecule has 3 aliphatic rings. The van der Waals surface area contributed by atoms with Crippen molar-refractivity contribution in [2.75, 3.05) is 31.1 Å². The molecule has 3 fully saturated rings. The van der Waals surface area contributed by atoms with Gasteiger partial charge in [-0.3, -0.25) is 53.1 Å². The number of likely N-dealkylation sites (tertiary alicyclic amines) is 1. The molecule has 7 atom stereocenters. The number of carboxylic acid groups (broad SMARTS) is 1. The summed E-state index contributed by atoms with van der Waals surface area (Å²) >= 11 is 0. The Kier molecular flexibility index (Phi) is 23.3. The van der Waals surface area contributed by atoms with Crippen LogP contribution in [0.3, 0.4) is 0 Å². The molecule has 70 heavy (non-hydrogen) atoms. The number of nitrogens with zero attached hydrogens (tertiary/aromatic N) is 3. The lowest BCUT2D eigenvalue weighted by Crippen LogP contribution is -2.60. The van der Waals surface area contributed by atoms with E-state index in [2.05, 4.69) is 41.9 Å². The molecular formula is C44H68N14O10S2. The standard InChI is InChI=1S/C44H68N14O10S2/c45-35(61)31-23-69-70-24-32(40(66)56-31)57-39(65)30(22-25-10-3-1-4-11-25)55-38(64)29(17-18-34(59)60)53-36(62)27(14-7-19-50-43(46)47)52-37(63)28(15-8-20-51-44(48)49)54-41(67)33-16-9-21-58(33)42(68)26-12-5-2-6-13-26/h2,5-6,12-13,25,27-33H,1,3-4,7-11,14-24H2,(H2,45,61)(H,52,63)(H,53,62)(H,54,67)(H,55,64)(H,56,66)(H,57,65)(H,59,60)(H4,46,47,50)(H4,48,49,51)/t27-,28-,29+,30+,31+,32+,33+/m1/s1. The van der Waals surface area contributed by atoms with Gasteiger partial charge in [0, 0.05) is 43.1 Å². The fourth-order valence-electron chi connectivity index (χ4n) is 8.34. The lowest BCUT2D eigenvalue weighted by atomic mass is 9.84. The van der Waals surface area contributed by atoms with Gasteiger partial charge in [-0.15, -0.1) is 0 Å². The number of amides is 8. The van der Waals surface area contributed by atoms with Crippen LogP contribution in [0.4, 0.5) is 0 Å². The first-order valence-corrected chi connectivity index (χ1v) is 26.0. The van der Waals surface area contributed by atoms with E-state index in [1.54, 1.807) is 30.3 Å². The minimum atomic E-state index is -1.54. The molecule has 2 heterocycles. The number of primary amides is 1. The molecule has 0 aromatic heterocycles. The van der Waals surface area contributed by atoms with E-state index in [-0.39, 0.29) is 80.4 Å². The van der Waals surface area contributed by atoms with E-state index in [0.29, 0.717) is 24.9 Å². The van der Waals surface area contributed by atoms with Gasteiger partial charge in [-0.2, -0.15) is 0 Å². The molecule has 17 N–H and O–H groups in total. The number of hydrogen-bond donors (Lipinski definition) is 12. The molecule has 0 unspecified atom stereocenters. The highest BCUT2D eigenvalue weighted by atomic mass is 33.1. The SMILES string of the molecule is NC(=O)[C@@H]1CSSC[C@H](NC(=O)[C@H](CC2CCCCC2)NC(=O)[C@H](CCC(=O)O)NC(=O)[C@@H](CCCN=C(N)N)NC(=O)[C@@H](CCCN=C(N)N)NC(=O)[C@@H]2CCCN2C(=O)c2ccccc2)C(=O)N1. The normalized spacial score (nSPS) is 20.0. The highest BCUT2D eigenvalue weighted by Crippen LogP contribution is 2.28. The fraction of sp³-hybridized carbons (Fsp3) is 0.614. The van der Waals surface area contributed by atoms with Crippen LogP contribution in [-0.4, -0.2) is 149 Å². The molecule has 1 aromatic carbocycles. The Bertz CT molecular complexity index is 2050. The molecular weight excluding hydrogens is 949 g/mol. The van der Waals surface area contributed by atoms with Gasteiger partial charge in [0.15, 0.2) is 11.9 Å². The second-order valence-electron chi connectivity index (χ2n) is 17.4. The van der Waals surface area contributed by atoms with Crippen molar-refractivity contribution < 1.29 is 48.3 Å². The number of nitrogens with two attached hydrogens (primary N) is 5. The van der Waals surface area contributed by atoms with E-state index in [9.17, 15) is 48.3 Å². The molecule has 0 bridgehead atoms. The number of benzene rings is 1. The van der Waals surface area contributed by atoms with Crippen molar-refractivity contribution in [2.24, 2.45) is 44.6 Å². The van der Waals surface area contributed by atoms with Gasteiger partial charge in [0.2, 0.25) is 41.4 Å². The maximum atomic E-state index is 14.3. The maximum Gasteiger partial charge on any atom is 0.303 e. The highest BCUT2D eigenvalue weighted by molar-refractivity contribution is 8.76. The minimum Gasteiger partial charge on any atom is -0.481 e. The summed E-state index contributed by atoms with van der Waals surface area (Å²) in [4.78, 5) is 131. The van der Waals surface area contributed by atoms with E-state index in [1.807, 2.05) is 0 Å². The number of aliphatic carboxylic acids is 1. The van der Waals surface area contributed by atoms with Crippen molar-refractivity contribution in [1.29, 1.82) is 0 Å². The molecule has 4 rings (SSSR count). The Morgan fingerprint density at radius 3 is 1.83 bits per heavy atom. The van der Waals surface area contributed by atoms with E-state index in [1.165, 1.54) is 26.5 Å². The number of rotatable bonds is 25. The van der Waals surface area contributed by atoms with Crippen molar-refractivity contribution >= 4 is 86.7 Å². The molecule has 1 aliphatic carbocycles. The van der Waals surface area contributed by atoms with Crippen LogP contribution in [0, 0.1) is 5.92 Å². The quantitative estimate of drug-likeness (QED) is 0.0219. The molecule has 1 aromatic rings. The first-order valence-electron chi connectivity index (χ1n) is 23.5. The van der Waals surface area contributed by atoms with Gasteiger partial charge in [0.25, 0.3) is 5.91 Å². The summed E-state index contributed by atoms with van der Waals surface area (Å²) in [7, 11) is 2.56. The summed E-state index contributed by atoms with van der Waals surface area (Å²) in [5.41, 5.74) is 27.9. The molecule has 8 amide bonds. The summed E-state index contributed by atoms with van der Waals surface area (Å²) < 4.78 is 0. The van der Waals surface area contributed by atoms with Crippen molar-refractivity contribution in [3.8, 4) is 0 Å². The Morgan fingerprint density at radius 2 is 1.26 bits per heavy atom. The summed E-state index contributed by atoms with van der Waals surface area (Å²) in [5, 5.41) is 25.6. The van der Waals surface area contributed by atoms with E-state index < -0.39 is 102 Å². The Labute approximate surface area is 414 Å². The van der Waals surface area contributed by atoms with Crippen LogP contribution in [0.25, 0.3) is 0 Å². The summed E-state index contributed by atoms with van der Waals surface area (Å²) in [6.45, 7) is 0.435. The minimum absolute atomic E-state index is 0.00407. The number of guanidine groups is 2. The first kappa shape index (κ1) is 56.3. The maximum absolute atomic E-state index is 14.3. The van der Waals surface area contributed by atoms with Crippen molar-refractivity contribution in [3.05, 3.63) is 35.9 Å². The van der Waals surface area contributed by atoms with Crippen molar-refractivity contribution in [3.63, 3.8) is 0 Å². The predicted molar refractivity (Wildman–Crippen MR) is 264 cm³/mol. The molecule has 2 aliphatic heterocycles. The Morgan fingerprint density at radius 1 is 0.700 bits per heavy atom. The number of hydrogen-bond acceptors (Lipinski definition) is 13. The first-order chi connectivity index (χ1) is 33.4. The summed E-state index contributed by atoms with van der Waals surface area (Å²) in [6, 6.07) is 0.0435. The number of aliphatic imine (C=N–C) groups is 2. The Balaban J connectivity index is 1.57. The van der Waals surface area contributed by atoms with Gasteiger partial charge in [0.05, 0.1) is 0 Å². The molecule has 2 saturated heterocycles. The van der Waals surface area contributed by atoms with Gasteiger partial charge in [-0.1, -0.05) is 71.9 Å². The van der Waals surface area contributed by atoms with Crippen LogP contribution in [0.1, 0.15) is 100 Å². The predicted octanol–water partition coefficient (Wildman–Crippen LogP) is -1.98. The lowest BCUT2D eigenvalue weighted by molar-refractivity contribution is -0.139. The van der Waals surface area contributed by atoms with Crippen molar-refractivity contribution in [2.45, 2.75) is 132 Å². The average molecular weight is 1020 g/mol. The zero-order valence-electron chi connectivity index (χ0n) is 39.1. The van der Waals surface area contributed by atoms with Crippen LogP contribution in [0.2, 0.25) is 0 Å². The van der Waals surface area contributed by atoms with Crippen LogP contribution < -0.4 is 60.6 Å². The molecule has 0 spiro atoms. The summed E-state index contributed by atoms with van der Waals surface area (Å²) in [6.07, 6.45) is 4.65. The van der Waals surface area contributed by atoms with Crippen LogP contribution >= 0.6 is 21.6 Å². The lowest BCUT2D eigenvalue weighted by Gasteiger charge is -2.30. The monoisotopic (exact) mass is 1020 g/mol.